The number of carbonyl (C=O) groups is 1. The highest BCUT2D eigenvalue weighted by atomic mass is 16.6. The van der Waals surface area contributed by atoms with Crippen LogP contribution < -0.4 is 0 Å². The molecule has 0 aromatic rings. The Morgan fingerprint density at radius 3 is 1.68 bits per heavy atom. The van der Waals surface area contributed by atoms with Gasteiger partial charge in [0.1, 0.15) is 12.2 Å². The monoisotopic (exact) mass is 354 g/mol. The molecule has 148 valence electrons. The standard InChI is InChI=1S/C22H42O3/c1-4-5-6-7-8-9-10-11-12-13-14-15-16-17-18-20-21(24-3)19(2)25-22(20)23/h19-21H,4-18H2,1-3H3. The number of ether oxygens (including phenoxy) is 2. The quantitative estimate of drug-likeness (QED) is 0.236. The molecule has 0 spiro atoms. The van der Waals surface area contributed by atoms with Gasteiger partial charge in [-0.1, -0.05) is 96.8 Å². The number of rotatable bonds is 16. The number of esters is 1. The molecular weight excluding hydrogens is 312 g/mol. The molecule has 0 aromatic heterocycles. The van der Waals surface area contributed by atoms with Gasteiger partial charge in [-0.15, -0.1) is 0 Å². The van der Waals surface area contributed by atoms with Crippen LogP contribution in [0.2, 0.25) is 0 Å². The van der Waals surface area contributed by atoms with E-state index in [1.165, 1.54) is 83.5 Å². The van der Waals surface area contributed by atoms with Crippen LogP contribution in [0, 0.1) is 5.92 Å². The van der Waals surface area contributed by atoms with Crippen LogP contribution in [0.4, 0.5) is 0 Å². The predicted molar refractivity (Wildman–Crippen MR) is 105 cm³/mol. The lowest BCUT2D eigenvalue weighted by molar-refractivity contribution is -0.143. The van der Waals surface area contributed by atoms with E-state index in [0.717, 1.165) is 12.8 Å². The van der Waals surface area contributed by atoms with E-state index in [2.05, 4.69) is 6.92 Å². The molecule has 0 aliphatic carbocycles. The lowest BCUT2D eigenvalue weighted by Crippen LogP contribution is -2.27. The predicted octanol–water partition coefficient (Wildman–Crippen LogP) is 6.43. The average Bonchev–Trinajstić information content (AvgIpc) is 2.88. The molecular formula is C22H42O3. The van der Waals surface area contributed by atoms with Gasteiger partial charge in [-0.3, -0.25) is 4.79 Å². The van der Waals surface area contributed by atoms with Crippen LogP contribution in [0.5, 0.6) is 0 Å². The fourth-order valence-corrected chi connectivity index (χ4v) is 4.00. The maximum absolute atomic E-state index is 11.8. The molecule has 3 unspecified atom stereocenters. The summed E-state index contributed by atoms with van der Waals surface area (Å²) in [6.07, 6.45) is 19.9. The van der Waals surface area contributed by atoms with Crippen molar-refractivity contribution in [1.29, 1.82) is 0 Å². The molecule has 0 radical (unpaired) electrons. The fourth-order valence-electron chi connectivity index (χ4n) is 4.00. The molecule has 3 nitrogen and oxygen atoms in total. The molecule has 0 bridgehead atoms. The van der Waals surface area contributed by atoms with Crippen LogP contribution >= 0.6 is 0 Å². The lowest BCUT2D eigenvalue weighted by atomic mass is 9.94. The Bertz CT molecular complexity index is 329. The summed E-state index contributed by atoms with van der Waals surface area (Å²) in [5.74, 6) is -0.105. The SMILES string of the molecule is CCCCCCCCCCCCCCCCC1C(=O)OC(C)C1OC. The van der Waals surface area contributed by atoms with Gasteiger partial charge in [0.15, 0.2) is 0 Å². The van der Waals surface area contributed by atoms with E-state index >= 15 is 0 Å². The van der Waals surface area contributed by atoms with Gasteiger partial charge < -0.3 is 9.47 Å². The second-order valence-corrected chi connectivity index (χ2v) is 7.83. The van der Waals surface area contributed by atoms with Gasteiger partial charge in [0, 0.05) is 7.11 Å². The van der Waals surface area contributed by atoms with Crippen molar-refractivity contribution in [3.63, 3.8) is 0 Å². The van der Waals surface area contributed by atoms with E-state index in [0.29, 0.717) is 0 Å². The number of cyclic esters (lactones) is 1. The number of hydrogen-bond donors (Lipinski definition) is 0. The normalized spacial score (nSPS) is 23.2. The van der Waals surface area contributed by atoms with Crippen LogP contribution in [-0.2, 0) is 14.3 Å². The van der Waals surface area contributed by atoms with Gasteiger partial charge in [-0.2, -0.15) is 0 Å². The average molecular weight is 355 g/mol. The van der Waals surface area contributed by atoms with Crippen molar-refractivity contribution in [2.75, 3.05) is 7.11 Å². The van der Waals surface area contributed by atoms with Crippen molar-refractivity contribution in [2.45, 2.75) is 122 Å². The van der Waals surface area contributed by atoms with Crippen LogP contribution in [0.3, 0.4) is 0 Å². The highest BCUT2D eigenvalue weighted by Crippen LogP contribution is 2.28. The molecule has 1 saturated heterocycles. The van der Waals surface area contributed by atoms with E-state index < -0.39 is 0 Å². The highest BCUT2D eigenvalue weighted by Gasteiger charge is 2.41. The third-order valence-corrected chi connectivity index (χ3v) is 5.60. The van der Waals surface area contributed by atoms with Crippen molar-refractivity contribution in [3.8, 4) is 0 Å². The van der Waals surface area contributed by atoms with Crippen molar-refractivity contribution in [2.24, 2.45) is 5.92 Å². The summed E-state index contributed by atoms with van der Waals surface area (Å²) in [5, 5.41) is 0. The Kier molecular flexibility index (Phi) is 13.1. The minimum Gasteiger partial charge on any atom is -0.460 e. The lowest BCUT2D eigenvalue weighted by Gasteiger charge is -2.16. The van der Waals surface area contributed by atoms with Crippen LogP contribution in [0.25, 0.3) is 0 Å². The first-order chi connectivity index (χ1) is 12.2. The molecule has 1 fully saturated rings. The summed E-state index contributed by atoms with van der Waals surface area (Å²) in [5.41, 5.74) is 0. The number of carbonyl (C=O) groups excluding carboxylic acids is 1. The van der Waals surface area contributed by atoms with Gasteiger partial charge in [0.25, 0.3) is 0 Å². The maximum Gasteiger partial charge on any atom is 0.312 e. The summed E-state index contributed by atoms with van der Waals surface area (Å²) < 4.78 is 10.7. The van der Waals surface area contributed by atoms with E-state index in [9.17, 15) is 4.79 Å². The summed E-state index contributed by atoms with van der Waals surface area (Å²) in [6, 6.07) is 0. The Morgan fingerprint density at radius 2 is 1.24 bits per heavy atom. The molecule has 1 aliphatic rings. The van der Waals surface area contributed by atoms with Gasteiger partial charge in [0.05, 0.1) is 5.92 Å². The first-order valence-corrected chi connectivity index (χ1v) is 10.9. The van der Waals surface area contributed by atoms with Crippen molar-refractivity contribution < 1.29 is 14.3 Å². The first kappa shape index (κ1) is 22.5. The largest absolute Gasteiger partial charge is 0.460 e. The Hall–Kier alpha value is -0.570. The topological polar surface area (TPSA) is 35.5 Å². The Balaban J connectivity index is 1.85. The zero-order valence-electron chi connectivity index (χ0n) is 17.1. The number of hydrogen-bond acceptors (Lipinski definition) is 3. The van der Waals surface area contributed by atoms with Gasteiger partial charge in [-0.25, -0.2) is 0 Å². The smallest absolute Gasteiger partial charge is 0.312 e. The number of unbranched alkanes of at least 4 members (excludes halogenated alkanes) is 13. The molecule has 0 saturated carbocycles. The second-order valence-electron chi connectivity index (χ2n) is 7.83. The summed E-state index contributed by atoms with van der Waals surface area (Å²) in [7, 11) is 1.68. The van der Waals surface area contributed by atoms with Crippen LogP contribution in [0.1, 0.15) is 110 Å². The maximum atomic E-state index is 11.8. The molecule has 25 heavy (non-hydrogen) atoms. The van der Waals surface area contributed by atoms with Crippen LogP contribution in [-0.4, -0.2) is 25.3 Å². The Morgan fingerprint density at radius 1 is 0.800 bits per heavy atom. The van der Waals surface area contributed by atoms with E-state index in [-0.39, 0.29) is 24.1 Å². The van der Waals surface area contributed by atoms with Gasteiger partial charge in [-0.05, 0) is 13.3 Å². The summed E-state index contributed by atoms with van der Waals surface area (Å²) in [6.45, 7) is 4.21. The second kappa shape index (κ2) is 14.6. The molecule has 1 heterocycles. The van der Waals surface area contributed by atoms with E-state index in [1.807, 2.05) is 6.92 Å². The first-order valence-electron chi connectivity index (χ1n) is 10.9. The van der Waals surface area contributed by atoms with E-state index in [4.69, 9.17) is 9.47 Å². The minimum atomic E-state index is -0.0888. The molecule has 1 rings (SSSR count). The molecule has 3 heteroatoms. The van der Waals surface area contributed by atoms with Gasteiger partial charge in [0.2, 0.25) is 0 Å². The third-order valence-electron chi connectivity index (χ3n) is 5.60. The van der Waals surface area contributed by atoms with Crippen LogP contribution in [0.15, 0.2) is 0 Å². The molecule has 0 amide bonds. The van der Waals surface area contributed by atoms with Crippen molar-refractivity contribution in [1.82, 2.24) is 0 Å². The Labute approximate surface area is 156 Å². The zero-order valence-corrected chi connectivity index (χ0v) is 17.1. The molecule has 1 aliphatic heterocycles. The summed E-state index contributed by atoms with van der Waals surface area (Å²) in [4.78, 5) is 11.8. The summed E-state index contributed by atoms with van der Waals surface area (Å²) >= 11 is 0. The highest BCUT2D eigenvalue weighted by molar-refractivity contribution is 5.75. The molecule has 3 atom stereocenters. The van der Waals surface area contributed by atoms with Crippen molar-refractivity contribution >= 4 is 5.97 Å². The van der Waals surface area contributed by atoms with Gasteiger partial charge >= 0.3 is 5.97 Å². The molecule has 0 aromatic carbocycles. The molecule has 0 N–H and O–H groups in total. The fraction of sp³-hybridized carbons (Fsp3) is 0.955. The van der Waals surface area contributed by atoms with E-state index in [1.54, 1.807) is 7.11 Å². The zero-order chi connectivity index (χ0) is 18.3. The van der Waals surface area contributed by atoms with Crippen molar-refractivity contribution in [3.05, 3.63) is 0 Å². The minimum absolute atomic E-state index is 0.0441. The number of methoxy groups -OCH3 is 1. The third kappa shape index (κ3) is 9.63.